The molecule has 0 spiro atoms. The highest BCUT2D eigenvalue weighted by molar-refractivity contribution is 6.39. The number of carbonyl (C=O) groups is 3. The first kappa shape index (κ1) is 23.4. The Kier molecular flexibility index (Phi) is 7.35. The van der Waals surface area contributed by atoms with Gasteiger partial charge in [0.15, 0.2) is 0 Å². The Hall–Kier alpha value is -4.26. The predicted octanol–water partition coefficient (Wildman–Crippen LogP) is 4.31. The number of hydrogen-bond acceptors (Lipinski definition) is 5. The van der Waals surface area contributed by atoms with E-state index in [4.69, 9.17) is 4.74 Å². The molecule has 0 saturated carbocycles. The molecule has 0 saturated heterocycles. The van der Waals surface area contributed by atoms with Crippen molar-refractivity contribution in [3.05, 3.63) is 94.5 Å². The van der Waals surface area contributed by atoms with Crippen molar-refractivity contribution < 1.29 is 19.1 Å². The Morgan fingerprint density at radius 2 is 1.52 bits per heavy atom. The highest BCUT2D eigenvalue weighted by Crippen LogP contribution is 2.16. The Bertz CT molecular complexity index is 1230. The van der Waals surface area contributed by atoms with Crippen LogP contribution in [-0.2, 0) is 9.59 Å². The second-order valence-corrected chi connectivity index (χ2v) is 7.67. The first-order valence-corrected chi connectivity index (χ1v) is 10.3. The van der Waals surface area contributed by atoms with Crippen LogP contribution >= 0.6 is 0 Å². The van der Waals surface area contributed by atoms with Crippen molar-refractivity contribution in [2.75, 3.05) is 5.32 Å². The van der Waals surface area contributed by atoms with Gasteiger partial charge in [0.2, 0.25) is 0 Å². The van der Waals surface area contributed by atoms with Crippen LogP contribution in [0.2, 0.25) is 0 Å². The second kappa shape index (κ2) is 10.4. The molecule has 0 radical (unpaired) electrons. The molecule has 2 amide bonds. The highest BCUT2D eigenvalue weighted by atomic mass is 16.5. The van der Waals surface area contributed by atoms with E-state index < -0.39 is 17.8 Å². The summed E-state index contributed by atoms with van der Waals surface area (Å²) in [7, 11) is 0. The monoisotopic (exact) mass is 443 g/mol. The average molecular weight is 444 g/mol. The molecule has 3 aromatic carbocycles. The van der Waals surface area contributed by atoms with Crippen LogP contribution in [0.5, 0.6) is 5.75 Å². The SMILES string of the molecule is CC(=NNC(=O)C(=O)Nc1ccc(C)c(C)c1)c1ccc(OC(=O)c2cccc(C)c2)cc1. The van der Waals surface area contributed by atoms with Crippen molar-refractivity contribution in [1.82, 2.24) is 5.43 Å². The molecule has 0 aliphatic carbocycles. The number of hydrogen-bond donors (Lipinski definition) is 2. The Balaban J connectivity index is 1.57. The fraction of sp³-hybridized carbons (Fsp3) is 0.154. The molecule has 0 aliphatic heterocycles. The molecule has 0 unspecified atom stereocenters. The minimum Gasteiger partial charge on any atom is -0.423 e. The van der Waals surface area contributed by atoms with Crippen molar-refractivity contribution in [2.45, 2.75) is 27.7 Å². The number of amides is 2. The van der Waals surface area contributed by atoms with Crippen LogP contribution in [0.15, 0.2) is 71.8 Å². The molecule has 3 rings (SSSR count). The minimum absolute atomic E-state index is 0.384. The number of nitrogens with zero attached hydrogens (tertiary/aromatic N) is 1. The summed E-state index contributed by atoms with van der Waals surface area (Å²) in [6.07, 6.45) is 0. The topological polar surface area (TPSA) is 96.9 Å². The third-order valence-electron chi connectivity index (χ3n) is 5.03. The van der Waals surface area contributed by atoms with E-state index in [1.54, 1.807) is 61.5 Å². The lowest BCUT2D eigenvalue weighted by atomic mass is 10.1. The lowest BCUT2D eigenvalue weighted by Gasteiger charge is -2.08. The van der Waals surface area contributed by atoms with E-state index in [9.17, 15) is 14.4 Å². The first-order chi connectivity index (χ1) is 15.7. The van der Waals surface area contributed by atoms with E-state index in [2.05, 4.69) is 15.8 Å². The van der Waals surface area contributed by atoms with Gasteiger partial charge in [-0.15, -0.1) is 0 Å². The molecule has 0 atom stereocenters. The highest BCUT2D eigenvalue weighted by Gasteiger charge is 2.14. The van der Waals surface area contributed by atoms with Gasteiger partial charge in [0.25, 0.3) is 0 Å². The number of nitrogens with one attached hydrogen (secondary N) is 2. The van der Waals surface area contributed by atoms with E-state index >= 15 is 0 Å². The van der Waals surface area contributed by atoms with E-state index in [1.807, 2.05) is 32.9 Å². The Morgan fingerprint density at radius 1 is 0.788 bits per heavy atom. The number of aryl methyl sites for hydroxylation is 3. The van der Waals surface area contributed by atoms with Gasteiger partial charge < -0.3 is 10.1 Å². The van der Waals surface area contributed by atoms with Gasteiger partial charge in [0, 0.05) is 5.69 Å². The Morgan fingerprint density at radius 3 is 2.18 bits per heavy atom. The molecular weight excluding hydrogens is 418 g/mol. The number of benzene rings is 3. The number of hydrazone groups is 1. The number of carbonyl (C=O) groups excluding carboxylic acids is 3. The van der Waals surface area contributed by atoms with Gasteiger partial charge in [-0.3, -0.25) is 9.59 Å². The smallest absolute Gasteiger partial charge is 0.343 e. The molecule has 2 N–H and O–H groups in total. The van der Waals surface area contributed by atoms with Gasteiger partial charge in [-0.25, -0.2) is 10.2 Å². The van der Waals surface area contributed by atoms with Gasteiger partial charge in [-0.2, -0.15) is 5.10 Å². The summed E-state index contributed by atoms with van der Waals surface area (Å²) >= 11 is 0. The third kappa shape index (κ3) is 6.36. The van der Waals surface area contributed by atoms with E-state index in [-0.39, 0.29) is 0 Å². The molecule has 0 heterocycles. The standard InChI is InChI=1S/C26H25N3O4/c1-16-6-5-7-21(14-16)26(32)33-23-12-9-20(10-13-23)19(4)28-29-25(31)24(30)27-22-11-8-17(2)18(3)15-22/h5-15H,1-4H3,(H,27,30)(H,29,31). The van der Waals surface area contributed by atoms with Gasteiger partial charge in [-0.1, -0.05) is 23.8 Å². The molecule has 0 fully saturated rings. The largest absolute Gasteiger partial charge is 0.423 e. The predicted molar refractivity (Wildman–Crippen MR) is 127 cm³/mol. The summed E-state index contributed by atoms with van der Waals surface area (Å²) in [5.41, 5.74) is 7.51. The number of rotatable bonds is 5. The van der Waals surface area contributed by atoms with Gasteiger partial charge in [0.05, 0.1) is 11.3 Å². The zero-order chi connectivity index (χ0) is 24.0. The van der Waals surface area contributed by atoms with Crippen molar-refractivity contribution in [3.8, 4) is 5.75 Å². The first-order valence-electron chi connectivity index (χ1n) is 10.3. The lowest BCUT2D eigenvalue weighted by Crippen LogP contribution is -2.33. The molecule has 33 heavy (non-hydrogen) atoms. The average Bonchev–Trinajstić information content (AvgIpc) is 2.80. The van der Waals surface area contributed by atoms with Gasteiger partial charge >= 0.3 is 17.8 Å². The minimum atomic E-state index is -0.878. The fourth-order valence-corrected chi connectivity index (χ4v) is 2.96. The van der Waals surface area contributed by atoms with Crippen LogP contribution < -0.4 is 15.5 Å². The summed E-state index contributed by atoms with van der Waals surface area (Å²) in [5.74, 6) is -1.75. The zero-order valence-corrected chi connectivity index (χ0v) is 18.9. The normalized spacial score (nSPS) is 11.0. The summed E-state index contributed by atoms with van der Waals surface area (Å²) in [6, 6.07) is 19.2. The van der Waals surface area contributed by atoms with Crippen LogP contribution in [0.1, 0.15) is 39.5 Å². The third-order valence-corrected chi connectivity index (χ3v) is 5.03. The van der Waals surface area contributed by atoms with Crippen LogP contribution in [-0.4, -0.2) is 23.5 Å². The molecule has 0 aliphatic rings. The maximum Gasteiger partial charge on any atom is 0.343 e. The lowest BCUT2D eigenvalue weighted by molar-refractivity contribution is -0.136. The van der Waals surface area contributed by atoms with Crippen LogP contribution in [0, 0.1) is 20.8 Å². The van der Waals surface area contributed by atoms with Crippen molar-refractivity contribution >= 4 is 29.2 Å². The van der Waals surface area contributed by atoms with E-state index in [1.165, 1.54) is 0 Å². The summed E-state index contributed by atoms with van der Waals surface area (Å²) in [6.45, 7) is 7.48. The van der Waals surface area contributed by atoms with Crippen LogP contribution in [0.4, 0.5) is 5.69 Å². The van der Waals surface area contributed by atoms with Gasteiger partial charge in [0.1, 0.15) is 5.75 Å². The van der Waals surface area contributed by atoms with E-state index in [0.717, 1.165) is 16.7 Å². The summed E-state index contributed by atoms with van der Waals surface area (Å²) in [5, 5.41) is 6.53. The van der Waals surface area contributed by atoms with Crippen LogP contribution in [0.3, 0.4) is 0 Å². The summed E-state index contributed by atoms with van der Waals surface area (Å²) < 4.78 is 5.39. The molecule has 0 bridgehead atoms. The molecule has 7 nitrogen and oxygen atoms in total. The zero-order valence-electron chi connectivity index (χ0n) is 18.9. The van der Waals surface area contributed by atoms with E-state index in [0.29, 0.717) is 28.3 Å². The maximum atomic E-state index is 12.3. The molecular formula is C26H25N3O4. The quantitative estimate of drug-likeness (QED) is 0.202. The fourth-order valence-electron chi connectivity index (χ4n) is 2.96. The molecule has 3 aromatic rings. The van der Waals surface area contributed by atoms with Crippen molar-refractivity contribution in [1.29, 1.82) is 0 Å². The maximum absolute atomic E-state index is 12.3. The number of esters is 1. The number of ether oxygens (including phenoxy) is 1. The van der Waals surface area contributed by atoms with Crippen LogP contribution in [0.25, 0.3) is 0 Å². The molecule has 7 heteroatoms. The molecule has 168 valence electrons. The summed E-state index contributed by atoms with van der Waals surface area (Å²) in [4.78, 5) is 36.4. The molecule has 0 aromatic heterocycles. The van der Waals surface area contributed by atoms with Crippen molar-refractivity contribution in [3.63, 3.8) is 0 Å². The number of anilines is 1. The van der Waals surface area contributed by atoms with Crippen molar-refractivity contribution in [2.24, 2.45) is 5.10 Å². The second-order valence-electron chi connectivity index (χ2n) is 7.67. The Labute approximate surface area is 192 Å². The van der Waals surface area contributed by atoms with Gasteiger partial charge in [-0.05, 0) is 92.9 Å².